The summed E-state index contributed by atoms with van der Waals surface area (Å²) in [5, 5.41) is 5.12. The van der Waals surface area contributed by atoms with Crippen LogP contribution in [0.15, 0.2) is 18.2 Å². The third-order valence-corrected chi connectivity index (χ3v) is 4.41. The first-order valence-corrected chi connectivity index (χ1v) is 7.02. The smallest absolute Gasteiger partial charge is 0.0459 e. The molecule has 1 aromatic carbocycles. The fourth-order valence-electron chi connectivity index (χ4n) is 2.63. The highest BCUT2D eigenvalue weighted by molar-refractivity contribution is 6.36. The Balaban J connectivity index is 2.24. The first-order chi connectivity index (χ1) is 8.12. The second kappa shape index (κ2) is 5.17. The summed E-state index contributed by atoms with van der Waals surface area (Å²) in [5.41, 5.74) is 1.30. The molecule has 1 aliphatic rings. The fourth-order valence-corrected chi connectivity index (χ4v) is 3.41. The number of hydrogen-bond donors (Lipinski definition) is 1. The summed E-state index contributed by atoms with van der Waals surface area (Å²) in [6.45, 7) is 6.48. The Bertz CT molecular complexity index is 385. The van der Waals surface area contributed by atoms with Crippen LogP contribution in [0.1, 0.15) is 32.3 Å². The van der Waals surface area contributed by atoms with Crippen LogP contribution in [0.5, 0.6) is 0 Å². The number of halogens is 2. The Kier molecular flexibility index (Phi) is 4.02. The van der Waals surface area contributed by atoms with Crippen LogP contribution < -0.4 is 5.32 Å². The van der Waals surface area contributed by atoms with Crippen molar-refractivity contribution < 1.29 is 0 Å². The molecule has 0 amide bonds. The van der Waals surface area contributed by atoms with E-state index in [1.54, 1.807) is 0 Å². The van der Waals surface area contributed by atoms with Gasteiger partial charge in [-0.1, -0.05) is 43.1 Å². The number of nitrogens with one attached hydrogen (secondary N) is 1. The molecular weight excluding hydrogens is 253 g/mol. The molecule has 2 rings (SSSR count). The molecule has 3 heteroatoms. The lowest BCUT2D eigenvalue weighted by Crippen LogP contribution is -2.29. The van der Waals surface area contributed by atoms with Gasteiger partial charge in [0, 0.05) is 22.0 Å². The van der Waals surface area contributed by atoms with Crippen molar-refractivity contribution in [2.75, 3.05) is 13.1 Å². The van der Waals surface area contributed by atoms with E-state index in [2.05, 4.69) is 19.2 Å². The number of hydrogen-bond acceptors (Lipinski definition) is 1. The van der Waals surface area contributed by atoms with Gasteiger partial charge in [0.25, 0.3) is 0 Å². The third-order valence-electron chi connectivity index (χ3n) is 3.78. The second-order valence-electron chi connectivity index (χ2n) is 5.03. The summed E-state index contributed by atoms with van der Waals surface area (Å²) in [6.07, 6.45) is 2.33. The molecule has 94 valence electrons. The van der Waals surface area contributed by atoms with E-state index in [9.17, 15) is 0 Å². The molecule has 1 fully saturated rings. The van der Waals surface area contributed by atoms with E-state index >= 15 is 0 Å². The maximum Gasteiger partial charge on any atom is 0.0459 e. The number of benzene rings is 1. The fraction of sp³-hybridized carbons (Fsp3) is 0.571. The monoisotopic (exact) mass is 271 g/mol. The highest BCUT2D eigenvalue weighted by Gasteiger charge is 2.53. The molecule has 0 spiro atoms. The molecular formula is C14H19Cl2N. The highest BCUT2D eigenvalue weighted by Crippen LogP contribution is 2.57. The van der Waals surface area contributed by atoms with Crippen molar-refractivity contribution in [1.82, 2.24) is 5.32 Å². The standard InChI is InChI=1S/C14H19Cl2N/c1-3-7-17-9-14(8-10(14)2)13-11(15)5-4-6-12(13)16/h4-6,10,17H,3,7-9H2,1-2H3. The lowest BCUT2D eigenvalue weighted by Gasteiger charge is -2.20. The van der Waals surface area contributed by atoms with Gasteiger partial charge >= 0.3 is 0 Å². The van der Waals surface area contributed by atoms with Gasteiger partial charge in [0.1, 0.15) is 0 Å². The summed E-state index contributed by atoms with van der Waals surface area (Å²) in [6, 6.07) is 5.79. The van der Waals surface area contributed by atoms with Gasteiger partial charge in [-0.05, 0) is 43.0 Å². The van der Waals surface area contributed by atoms with Crippen molar-refractivity contribution in [2.45, 2.75) is 32.1 Å². The topological polar surface area (TPSA) is 12.0 Å². The van der Waals surface area contributed by atoms with Gasteiger partial charge in [-0.25, -0.2) is 0 Å². The molecule has 2 unspecified atom stereocenters. The largest absolute Gasteiger partial charge is 0.316 e. The van der Waals surface area contributed by atoms with Crippen molar-refractivity contribution in [3.8, 4) is 0 Å². The third kappa shape index (κ3) is 2.47. The predicted molar refractivity (Wildman–Crippen MR) is 75.1 cm³/mol. The summed E-state index contributed by atoms with van der Waals surface area (Å²) >= 11 is 12.6. The van der Waals surface area contributed by atoms with Crippen LogP contribution in [0.4, 0.5) is 0 Å². The summed E-state index contributed by atoms with van der Waals surface area (Å²) in [4.78, 5) is 0. The van der Waals surface area contributed by atoms with Gasteiger partial charge in [-0.2, -0.15) is 0 Å². The van der Waals surface area contributed by atoms with Crippen LogP contribution in [0.2, 0.25) is 10.0 Å². The van der Waals surface area contributed by atoms with Crippen LogP contribution in [0.25, 0.3) is 0 Å². The van der Waals surface area contributed by atoms with Gasteiger partial charge in [-0.15, -0.1) is 0 Å². The average Bonchev–Trinajstić information content (AvgIpc) is 2.90. The normalized spacial score (nSPS) is 27.2. The lowest BCUT2D eigenvalue weighted by atomic mass is 9.93. The Morgan fingerprint density at radius 3 is 2.41 bits per heavy atom. The van der Waals surface area contributed by atoms with Crippen LogP contribution in [-0.2, 0) is 5.41 Å². The molecule has 0 aliphatic heterocycles. The van der Waals surface area contributed by atoms with Crippen LogP contribution in [0, 0.1) is 5.92 Å². The van der Waals surface area contributed by atoms with E-state index < -0.39 is 0 Å². The van der Waals surface area contributed by atoms with Gasteiger partial charge in [0.05, 0.1) is 0 Å². The Morgan fingerprint density at radius 2 is 1.94 bits per heavy atom. The van der Waals surface area contributed by atoms with Gasteiger partial charge in [0.15, 0.2) is 0 Å². The number of rotatable bonds is 5. The molecule has 0 aromatic heterocycles. The van der Waals surface area contributed by atoms with Gasteiger partial charge in [-0.3, -0.25) is 0 Å². The molecule has 1 N–H and O–H groups in total. The molecule has 2 atom stereocenters. The predicted octanol–water partition coefficient (Wildman–Crippen LogP) is 4.27. The Hall–Kier alpha value is -0.240. The van der Waals surface area contributed by atoms with E-state index in [0.717, 1.165) is 35.1 Å². The lowest BCUT2D eigenvalue weighted by molar-refractivity contribution is 0.542. The van der Waals surface area contributed by atoms with Crippen molar-refractivity contribution in [1.29, 1.82) is 0 Å². The molecule has 0 heterocycles. The molecule has 0 bridgehead atoms. The zero-order valence-electron chi connectivity index (χ0n) is 10.4. The van der Waals surface area contributed by atoms with Crippen molar-refractivity contribution in [3.63, 3.8) is 0 Å². The van der Waals surface area contributed by atoms with E-state index in [-0.39, 0.29) is 5.41 Å². The van der Waals surface area contributed by atoms with E-state index in [4.69, 9.17) is 23.2 Å². The zero-order chi connectivity index (χ0) is 12.5. The molecule has 0 radical (unpaired) electrons. The zero-order valence-corrected chi connectivity index (χ0v) is 11.9. The highest BCUT2D eigenvalue weighted by atomic mass is 35.5. The minimum absolute atomic E-state index is 0.157. The summed E-state index contributed by atoms with van der Waals surface area (Å²) in [7, 11) is 0. The van der Waals surface area contributed by atoms with Crippen LogP contribution in [0.3, 0.4) is 0 Å². The second-order valence-corrected chi connectivity index (χ2v) is 5.85. The molecule has 1 nitrogen and oxygen atoms in total. The van der Waals surface area contributed by atoms with Gasteiger partial charge < -0.3 is 5.32 Å². The van der Waals surface area contributed by atoms with Gasteiger partial charge in [0.2, 0.25) is 0 Å². The molecule has 1 saturated carbocycles. The maximum absolute atomic E-state index is 6.32. The van der Waals surface area contributed by atoms with Crippen LogP contribution in [-0.4, -0.2) is 13.1 Å². The Labute approximate surface area is 114 Å². The molecule has 17 heavy (non-hydrogen) atoms. The van der Waals surface area contributed by atoms with E-state index in [1.807, 2.05) is 18.2 Å². The average molecular weight is 272 g/mol. The minimum Gasteiger partial charge on any atom is -0.316 e. The van der Waals surface area contributed by atoms with Crippen LogP contribution >= 0.6 is 23.2 Å². The van der Waals surface area contributed by atoms with Crippen molar-refractivity contribution in [2.24, 2.45) is 5.92 Å². The minimum atomic E-state index is 0.157. The maximum atomic E-state index is 6.32. The molecule has 1 aromatic rings. The molecule has 1 aliphatic carbocycles. The van der Waals surface area contributed by atoms with Crippen molar-refractivity contribution >= 4 is 23.2 Å². The molecule has 0 saturated heterocycles. The summed E-state index contributed by atoms with van der Waals surface area (Å²) < 4.78 is 0. The van der Waals surface area contributed by atoms with E-state index in [1.165, 1.54) is 6.42 Å². The van der Waals surface area contributed by atoms with E-state index in [0.29, 0.717) is 5.92 Å². The first kappa shape index (κ1) is 13.2. The SMILES string of the molecule is CCCNCC1(c2c(Cl)cccc2Cl)CC1C. The van der Waals surface area contributed by atoms with Crippen molar-refractivity contribution in [3.05, 3.63) is 33.8 Å². The summed E-state index contributed by atoms with van der Waals surface area (Å²) in [5.74, 6) is 0.657. The first-order valence-electron chi connectivity index (χ1n) is 6.27. The Morgan fingerprint density at radius 1 is 1.35 bits per heavy atom. The quantitative estimate of drug-likeness (QED) is 0.789.